The Kier molecular flexibility index (Phi) is 2.81. The van der Waals surface area contributed by atoms with Crippen LogP contribution in [0.2, 0.25) is 0 Å². The first-order chi connectivity index (χ1) is 5.59. The molecule has 1 heterocycles. The second kappa shape index (κ2) is 3.67. The summed E-state index contributed by atoms with van der Waals surface area (Å²) < 4.78 is 0. The van der Waals surface area contributed by atoms with Gasteiger partial charge in [0.1, 0.15) is 5.82 Å². The zero-order valence-corrected chi connectivity index (χ0v) is 8.13. The van der Waals surface area contributed by atoms with Gasteiger partial charge in [0.2, 0.25) is 0 Å². The first-order valence-electron chi connectivity index (χ1n) is 4.15. The van der Waals surface area contributed by atoms with Gasteiger partial charge in [-0.15, -0.1) is 0 Å². The molecule has 1 N–H and O–H groups in total. The number of aromatic nitrogens is 3. The van der Waals surface area contributed by atoms with Crippen molar-refractivity contribution in [2.24, 2.45) is 0 Å². The van der Waals surface area contributed by atoms with Gasteiger partial charge in [-0.3, -0.25) is 5.10 Å². The molecule has 0 radical (unpaired) electrons. The summed E-state index contributed by atoms with van der Waals surface area (Å²) >= 11 is 0. The van der Waals surface area contributed by atoms with Crippen molar-refractivity contribution in [3.8, 4) is 0 Å². The first kappa shape index (κ1) is 9.19. The molecule has 4 heteroatoms. The minimum atomic E-state index is 0.424. The molecule has 0 aliphatic heterocycles. The van der Waals surface area contributed by atoms with Crippen LogP contribution in [-0.4, -0.2) is 34.2 Å². The Bertz CT molecular complexity index is 239. The molecule has 0 aliphatic rings. The third-order valence-corrected chi connectivity index (χ3v) is 1.55. The molecule has 0 aliphatic carbocycles. The Hall–Kier alpha value is -0.900. The molecule has 0 atom stereocenters. The van der Waals surface area contributed by atoms with Gasteiger partial charge in [-0.2, -0.15) is 5.10 Å². The van der Waals surface area contributed by atoms with Crippen LogP contribution in [0.4, 0.5) is 0 Å². The first-order valence-corrected chi connectivity index (χ1v) is 4.15. The maximum absolute atomic E-state index is 4.34. The van der Waals surface area contributed by atoms with Crippen molar-refractivity contribution in [1.82, 2.24) is 20.1 Å². The lowest BCUT2D eigenvalue weighted by Gasteiger charge is -2.04. The normalized spacial score (nSPS) is 11.5. The Balaban J connectivity index is 2.64. The Morgan fingerprint density at radius 2 is 2.08 bits per heavy atom. The average molecular weight is 168 g/mol. The molecule has 68 valence electrons. The van der Waals surface area contributed by atoms with E-state index in [9.17, 15) is 0 Å². The molecule has 1 aromatic rings. The molecule has 0 bridgehead atoms. The highest BCUT2D eigenvalue weighted by atomic mass is 15.2. The largest absolute Gasteiger partial charge is 0.302 e. The smallest absolute Gasteiger partial charge is 0.164 e. The Morgan fingerprint density at radius 3 is 2.50 bits per heavy atom. The van der Waals surface area contributed by atoms with Gasteiger partial charge < -0.3 is 4.90 Å². The van der Waals surface area contributed by atoms with Gasteiger partial charge in [0.25, 0.3) is 0 Å². The highest BCUT2D eigenvalue weighted by molar-refractivity contribution is 4.94. The molecular formula is C8H16N4. The summed E-state index contributed by atoms with van der Waals surface area (Å²) in [6, 6.07) is 0. The van der Waals surface area contributed by atoms with Gasteiger partial charge in [0, 0.05) is 5.92 Å². The van der Waals surface area contributed by atoms with Crippen molar-refractivity contribution in [3.05, 3.63) is 11.6 Å². The van der Waals surface area contributed by atoms with Gasteiger partial charge in [-0.1, -0.05) is 13.8 Å². The second-order valence-electron chi connectivity index (χ2n) is 3.53. The van der Waals surface area contributed by atoms with Crippen LogP contribution in [-0.2, 0) is 6.54 Å². The lowest BCUT2D eigenvalue weighted by Crippen LogP contribution is -2.11. The maximum atomic E-state index is 4.34. The number of rotatable bonds is 3. The molecule has 0 amide bonds. The lowest BCUT2D eigenvalue weighted by molar-refractivity contribution is 0.391. The van der Waals surface area contributed by atoms with E-state index >= 15 is 0 Å². The van der Waals surface area contributed by atoms with Crippen molar-refractivity contribution >= 4 is 0 Å². The van der Waals surface area contributed by atoms with E-state index in [0.717, 1.165) is 18.2 Å². The number of nitrogens with one attached hydrogen (secondary N) is 1. The zero-order chi connectivity index (χ0) is 9.14. The van der Waals surface area contributed by atoms with Gasteiger partial charge in [-0.25, -0.2) is 4.98 Å². The quantitative estimate of drug-likeness (QED) is 0.732. The summed E-state index contributed by atoms with van der Waals surface area (Å²) in [5.41, 5.74) is 0. The predicted molar refractivity (Wildman–Crippen MR) is 47.9 cm³/mol. The molecule has 0 unspecified atom stereocenters. The molecule has 0 saturated carbocycles. The number of hydrogen-bond acceptors (Lipinski definition) is 3. The monoisotopic (exact) mass is 168 g/mol. The van der Waals surface area contributed by atoms with Gasteiger partial charge in [0.15, 0.2) is 5.82 Å². The van der Waals surface area contributed by atoms with Crippen LogP contribution in [0.3, 0.4) is 0 Å². The third-order valence-electron chi connectivity index (χ3n) is 1.55. The summed E-state index contributed by atoms with van der Waals surface area (Å²) in [5, 5.41) is 7.02. The number of hydrogen-bond donors (Lipinski definition) is 1. The highest BCUT2D eigenvalue weighted by Gasteiger charge is 2.06. The molecule has 1 aromatic heterocycles. The van der Waals surface area contributed by atoms with Crippen molar-refractivity contribution in [3.63, 3.8) is 0 Å². The number of aromatic amines is 1. The highest BCUT2D eigenvalue weighted by Crippen LogP contribution is 2.07. The minimum absolute atomic E-state index is 0.424. The summed E-state index contributed by atoms with van der Waals surface area (Å²) in [6.45, 7) is 4.99. The summed E-state index contributed by atoms with van der Waals surface area (Å²) in [4.78, 5) is 6.39. The summed E-state index contributed by atoms with van der Waals surface area (Å²) in [5.74, 6) is 2.25. The van der Waals surface area contributed by atoms with Crippen LogP contribution in [0, 0.1) is 0 Å². The van der Waals surface area contributed by atoms with E-state index in [2.05, 4.69) is 29.0 Å². The average Bonchev–Trinajstić information content (AvgIpc) is 2.34. The van der Waals surface area contributed by atoms with Gasteiger partial charge in [-0.05, 0) is 14.1 Å². The third kappa shape index (κ3) is 2.30. The fourth-order valence-electron chi connectivity index (χ4n) is 0.923. The molecular weight excluding hydrogens is 152 g/mol. The van der Waals surface area contributed by atoms with E-state index in [-0.39, 0.29) is 0 Å². The van der Waals surface area contributed by atoms with E-state index in [0.29, 0.717) is 5.92 Å². The van der Waals surface area contributed by atoms with E-state index < -0.39 is 0 Å². The molecule has 4 nitrogen and oxygen atoms in total. The fourth-order valence-corrected chi connectivity index (χ4v) is 0.923. The molecule has 0 fully saturated rings. The topological polar surface area (TPSA) is 44.8 Å². The van der Waals surface area contributed by atoms with Crippen molar-refractivity contribution in [2.45, 2.75) is 26.3 Å². The van der Waals surface area contributed by atoms with Crippen LogP contribution in [0.1, 0.15) is 31.4 Å². The summed E-state index contributed by atoms with van der Waals surface area (Å²) in [7, 11) is 4.01. The molecule has 1 rings (SSSR count). The molecule has 0 saturated heterocycles. The Morgan fingerprint density at radius 1 is 1.42 bits per heavy atom. The molecule has 12 heavy (non-hydrogen) atoms. The predicted octanol–water partition coefficient (Wildman–Crippen LogP) is 0.990. The van der Waals surface area contributed by atoms with E-state index in [1.807, 2.05) is 19.0 Å². The van der Waals surface area contributed by atoms with E-state index in [4.69, 9.17) is 0 Å². The Labute approximate surface area is 73.0 Å². The maximum Gasteiger partial charge on any atom is 0.164 e. The van der Waals surface area contributed by atoms with Crippen LogP contribution < -0.4 is 0 Å². The number of nitrogens with zero attached hydrogens (tertiary/aromatic N) is 3. The lowest BCUT2D eigenvalue weighted by atomic mass is 10.2. The van der Waals surface area contributed by atoms with Crippen LogP contribution in [0.25, 0.3) is 0 Å². The van der Waals surface area contributed by atoms with Crippen molar-refractivity contribution in [2.75, 3.05) is 14.1 Å². The second-order valence-corrected chi connectivity index (χ2v) is 3.53. The van der Waals surface area contributed by atoms with Crippen LogP contribution in [0.15, 0.2) is 0 Å². The van der Waals surface area contributed by atoms with Gasteiger partial charge in [0.05, 0.1) is 6.54 Å². The van der Waals surface area contributed by atoms with Crippen LogP contribution >= 0.6 is 0 Å². The zero-order valence-electron chi connectivity index (χ0n) is 8.13. The molecule has 0 aromatic carbocycles. The van der Waals surface area contributed by atoms with Crippen molar-refractivity contribution in [1.29, 1.82) is 0 Å². The van der Waals surface area contributed by atoms with E-state index in [1.54, 1.807) is 0 Å². The van der Waals surface area contributed by atoms with Gasteiger partial charge >= 0.3 is 0 Å². The van der Waals surface area contributed by atoms with E-state index in [1.165, 1.54) is 0 Å². The minimum Gasteiger partial charge on any atom is -0.302 e. The standard InChI is InChI=1S/C8H16N4/c1-6(2)8-9-7(10-11-8)5-12(3)4/h6H,5H2,1-4H3,(H,9,10,11). The molecule has 0 spiro atoms. The van der Waals surface area contributed by atoms with Crippen molar-refractivity contribution < 1.29 is 0 Å². The fraction of sp³-hybridized carbons (Fsp3) is 0.750. The summed E-state index contributed by atoms with van der Waals surface area (Å²) in [6.07, 6.45) is 0. The van der Waals surface area contributed by atoms with Crippen LogP contribution in [0.5, 0.6) is 0 Å². The number of H-pyrrole nitrogens is 1. The SMILES string of the molecule is CC(C)c1nc(CN(C)C)n[nH]1.